The van der Waals surface area contributed by atoms with E-state index >= 15 is 0 Å². The van der Waals surface area contributed by atoms with Gasteiger partial charge in [0, 0.05) is 18.2 Å². The number of nitrogens with one attached hydrogen (secondary N) is 1. The molecule has 3 aromatic rings. The molecule has 4 rings (SSSR count). The van der Waals surface area contributed by atoms with E-state index in [1.165, 1.54) is 37.7 Å². The zero-order chi connectivity index (χ0) is 17.9. The minimum absolute atomic E-state index is 0.0910. The van der Waals surface area contributed by atoms with E-state index in [-0.39, 0.29) is 5.56 Å². The maximum Gasteiger partial charge on any atom is 0.259 e. The van der Waals surface area contributed by atoms with Crippen molar-refractivity contribution in [1.29, 1.82) is 0 Å². The molecule has 0 spiro atoms. The van der Waals surface area contributed by atoms with Crippen molar-refractivity contribution >= 4 is 10.9 Å². The number of hydrogen-bond acceptors (Lipinski definition) is 3. The molecule has 0 atom stereocenters. The third-order valence-corrected chi connectivity index (χ3v) is 5.47. The van der Waals surface area contributed by atoms with Crippen LogP contribution in [0.3, 0.4) is 0 Å². The highest BCUT2D eigenvalue weighted by Gasteiger charge is 2.17. The SMILES string of the molecule is CN(Cc1ccc(-c2nc3ccccc3c(=O)[nH]2)cc1)C1CCCCC1. The lowest BCUT2D eigenvalue weighted by molar-refractivity contribution is 0.184. The molecule has 1 fully saturated rings. The molecule has 0 aliphatic heterocycles. The van der Waals surface area contributed by atoms with Crippen LogP contribution in [0.4, 0.5) is 0 Å². The maximum absolute atomic E-state index is 12.3. The molecule has 1 aliphatic carbocycles. The van der Waals surface area contributed by atoms with Gasteiger partial charge >= 0.3 is 0 Å². The predicted molar refractivity (Wildman–Crippen MR) is 106 cm³/mol. The van der Waals surface area contributed by atoms with Crippen LogP contribution < -0.4 is 5.56 Å². The Morgan fingerprint density at radius 2 is 1.77 bits per heavy atom. The van der Waals surface area contributed by atoms with E-state index in [0.29, 0.717) is 17.3 Å². The van der Waals surface area contributed by atoms with Crippen LogP contribution in [-0.4, -0.2) is 28.0 Å². The molecule has 1 aliphatic rings. The van der Waals surface area contributed by atoms with E-state index in [1.807, 2.05) is 18.2 Å². The Morgan fingerprint density at radius 3 is 2.54 bits per heavy atom. The fourth-order valence-electron chi connectivity index (χ4n) is 3.93. The molecule has 134 valence electrons. The second-order valence-corrected chi connectivity index (χ2v) is 7.34. The summed E-state index contributed by atoms with van der Waals surface area (Å²) in [5.41, 5.74) is 2.88. The van der Waals surface area contributed by atoms with E-state index < -0.39 is 0 Å². The van der Waals surface area contributed by atoms with E-state index in [4.69, 9.17) is 0 Å². The number of para-hydroxylation sites is 1. The molecule has 4 heteroatoms. The molecular formula is C22H25N3O. The van der Waals surface area contributed by atoms with Crippen molar-refractivity contribution in [3.05, 3.63) is 64.4 Å². The van der Waals surface area contributed by atoms with Crippen molar-refractivity contribution in [2.24, 2.45) is 0 Å². The Kier molecular flexibility index (Phi) is 4.85. The molecule has 1 aromatic heterocycles. The molecule has 1 saturated carbocycles. The van der Waals surface area contributed by atoms with Gasteiger partial charge in [0.25, 0.3) is 5.56 Å². The Morgan fingerprint density at radius 1 is 1.04 bits per heavy atom. The lowest BCUT2D eigenvalue weighted by Gasteiger charge is -2.31. The summed E-state index contributed by atoms with van der Waals surface area (Å²) in [6, 6.07) is 16.5. The topological polar surface area (TPSA) is 49.0 Å². The van der Waals surface area contributed by atoms with Gasteiger partial charge in [0.05, 0.1) is 10.9 Å². The van der Waals surface area contributed by atoms with Crippen molar-refractivity contribution < 1.29 is 0 Å². The molecular weight excluding hydrogens is 322 g/mol. The highest BCUT2D eigenvalue weighted by Crippen LogP contribution is 2.23. The molecule has 0 unspecified atom stereocenters. The number of rotatable bonds is 4. The summed E-state index contributed by atoms with van der Waals surface area (Å²) < 4.78 is 0. The van der Waals surface area contributed by atoms with E-state index in [0.717, 1.165) is 17.6 Å². The largest absolute Gasteiger partial charge is 0.306 e. The van der Waals surface area contributed by atoms with Crippen LogP contribution in [0.1, 0.15) is 37.7 Å². The summed E-state index contributed by atoms with van der Waals surface area (Å²) >= 11 is 0. The average Bonchev–Trinajstić information content (AvgIpc) is 2.69. The van der Waals surface area contributed by atoms with E-state index in [1.54, 1.807) is 6.07 Å². The van der Waals surface area contributed by atoms with Gasteiger partial charge in [0.2, 0.25) is 0 Å². The van der Waals surface area contributed by atoms with Crippen LogP contribution in [0.15, 0.2) is 53.3 Å². The number of H-pyrrole nitrogens is 1. The summed E-state index contributed by atoms with van der Waals surface area (Å²) in [7, 11) is 2.23. The van der Waals surface area contributed by atoms with Crippen LogP contribution in [0.5, 0.6) is 0 Å². The number of fused-ring (bicyclic) bond motifs is 1. The minimum atomic E-state index is -0.0910. The molecule has 4 nitrogen and oxygen atoms in total. The summed E-state index contributed by atoms with van der Waals surface area (Å²) in [5.74, 6) is 0.626. The van der Waals surface area contributed by atoms with Crippen molar-refractivity contribution in [3.8, 4) is 11.4 Å². The maximum atomic E-state index is 12.3. The molecule has 2 aromatic carbocycles. The first-order valence-electron chi connectivity index (χ1n) is 9.49. The van der Waals surface area contributed by atoms with Gasteiger partial charge in [-0.2, -0.15) is 0 Å². The van der Waals surface area contributed by atoms with E-state index in [9.17, 15) is 4.79 Å². The monoisotopic (exact) mass is 347 g/mol. The highest BCUT2D eigenvalue weighted by molar-refractivity contribution is 5.79. The molecule has 1 N–H and O–H groups in total. The van der Waals surface area contributed by atoms with Crippen LogP contribution in [0.25, 0.3) is 22.3 Å². The molecule has 0 saturated heterocycles. The third-order valence-electron chi connectivity index (χ3n) is 5.47. The van der Waals surface area contributed by atoms with E-state index in [2.05, 4.69) is 46.2 Å². The average molecular weight is 347 g/mol. The molecule has 0 bridgehead atoms. The number of aromatic nitrogens is 2. The van der Waals surface area contributed by atoms with Crippen molar-refractivity contribution in [2.75, 3.05) is 7.05 Å². The Hall–Kier alpha value is -2.46. The Bertz CT molecular complexity index is 940. The van der Waals surface area contributed by atoms with Gasteiger partial charge in [-0.3, -0.25) is 9.69 Å². The second kappa shape index (κ2) is 7.42. The second-order valence-electron chi connectivity index (χ2n) is 7.34. The van der Waals surface area contributed by atoms with Gasteiger partial charge in [-0.05, 0) is 37.6 Å². The number of benzene rings is 2. The van der Waals surface area contributed by atoms with Crippen LogP contribution in [-0.2, 0) is 6.54 Å². The lowest BCUT2D eigenvalue weighted by atomic mass is 9.94. The summed E-state index contributed by atoms with van der Waals surface area (Å²) in [6.45, 7) is 0.965. The summed E-state index contributed by atoms with van der Waals surface area (Å²) in [6.07, 6.45) is 6.73. The van der Waals surface area contributed by atoms with Gasteiger partial charge in [-0.15, -0.1) is 0 Å². The molecule has 0 amide bonds. The van der Waals surface area contributed by atoms with Crippen molar-refractivity contribution in [2.45, 2.75) is 44.7 Å². The van der Waals surface area contributed by atoms with Crippen molar-refractivity contribution in [1.82, 2.24) is 14.9 Å². The van der Waals surface area contributed by atoms with Gasteiger partial charge in [-0.25, -0.2) is 4.98 Å². The Balaban J connectivity index is 1.53. The quantitative estimate of drug-likeness (QED) is 0.763. The molecule has 0 radical (unpaired) electrons. The third kappa shape index (κ3) is 3.56. The number of aromatic amines is 1. The highest BCUT2D eigenvalue weighted by atomic mass is 16.1. The standard InChI is InChI=1S/C22H25N3O/c1-25(18-7-3-2-4-8-18)15-16-11-13-17(14-12-16)21-23-20-10-6-5-9-19(20)22(26)24-21/h5-6,9-14,18H,2-4,7-8,15H2,1H3,(H,23,24,26). The lowest BCUT2D eigenvalue weighted by Crippen LogP contribution is -2.32. The summed E-state index contributed by atoms with van der Waals surface area (Å²) in [4.78, 5) is 22.2. The van der Waals surface area contributed by atoms with Gasteiger partial charge in [-0.1, -0.05) is 55.7 Å². The first kappa shape index (κ1) is 17.0. The first-order valence-corrected chi connectivity index (χ1v) is 9.49. The smallest absolute Gasteiger partial charge is 0.259 e. The van der Waals surface area contributed by atoms with Crippen LogP contribution >= 0.6 is 0 Å². The zero-order valence-electron chi connectivity index (χ0n) is 15.2. The Labute approximate surface area is 153 Å². The normalized spacial score (nSPS) is 15.6. The molecule has 1 heterocycles. The van der Waals surface area contributed by atoms with Gasteiger partial charge in [0.15, 0.2) is 0 Å². The summed E-state index contributed by atoms with van der Waals surface area (Å²) in [5, 5.41) is 0.627. The fraction of sp³-hybridized carbons (Fsp3) is 0.364. The van der Waals surface area contributed by atoms with Crippen molar-refractivity contribution in [3.63, 3.8) is 0 Å². The minimum Gasteiger partial charge on any atom is -0.306 e. The zero-order valence-corrected chi connectivity index (χ0v) is 15.2. The van der Waals surface area contributed by atoms with Gasteiger partial charge in [0.1, 0.15) is 5.82 Å². The predicted octanol–water partition coefficient (Wildman–Crippen LogP) is 4.35. The first-order chi connectivity index (χ1) is 12.7. The van der Waals surface area contributed by atoms with Crippen LogP contribution in [0.2, 0.25) is 0 Å². The number of hydrogen-bond donors (Lipinski definition) is 1. The van der Waals surface area contributed by atoms with Crippen LogP contribution in [0, 0.1) is 0 Å². The molecule has 26 heavy (non-hydrogen) atoms. The number of nitrogens with zero attached hydrogens (tertiary/aromatic N) is 2. The fourth-order valence-corrected chi connectivity index (χ4v) is 3.93. The van der Waals surface area contributed by atoms with Gasteiger partial charge < -0.3 is 4.98 Å².